The highest BCUT2D eigenvalue weighted by Crippen LogP contribution is 2.15. The maximum absolute atomic E-state index is 3.90. The average molecular weight is 160 g/mol. The Kier molecular flexibility index (Phi) is 1.82. The summed E-state index contributed by atoms with van der Waals surface area (Å²) < 4.78 is 0. The van der Waals surface area contributed by atoms with E-state index in [1.807, 2.05) is 24.3 Å². The van der Waals surface area contributed by atoms with Crippen LogP contribution in [0.25, 0.3) is 5.57 Å². The summed E-state index contributed by atoms with van der Waals surface area (Å²) in [7, 11) is 0. The first-order valence-electron chi connectivity index (χ1n) is 3.73. The van der Waals surface area contributed by atoms with Gasteiger partial charge in [-0.05, 0) is 11.6 Å². The summed E-state index contributed by atoms with van der Waals surface area (Å²) in [6.45, 7) is 0. The van der Waals surface area contributed by atoms with Gasteiger partial charge in [0, 0.05) is 5.57 Å². The summed E-state index contributed by atoms with van der Waals surface area (Å²) in [5.74, 6) is 0.672. The fourth-order valence-corrected chi connectivity index (χ4v) is 1.04. The molecule has 0 saturated carbocycles. The van der Waals surface area contributed by atoms with Crippen LogP contribution in [0, 0.1) is 0 Å². The van der Waals surface area contributed by atoms with Gasteiger partial charge in [-0.25, -0.2) is 0 Å². The minimum absolute atomic E-state index is 0.672. The van der Waals surface area contributed by atoms with Gasteiger partial charge in [0.15, 0.2) is 0 Å². The van der Waals surface area contributed by atoms with Crippen LogP contribution in [0.4, 0.5) is 0 Å². The second-order valence-electron chi connectivity index (χ2n) is 2.44. The summed E-state index contributed by atoms with van der Waals surface area (Å²) in [6.07, 6.45) is 10.9. The van der Waals surface area contributed by atoms with Gasteiger partial charge in [0.05, 0.1) is 0 Å². The standard InChI is InChI=1S/C8H8N4/c1-2-4-6-7(5-3-1)8-9-11-12-10-8/h1-5H,6H2,(H,9,10,11,12). The summed E-state index contributed by atoms with van der Waals surface area (Å²) in [5, 5.41) is 13.7. The van der Waals surface area contributed by atoms with E-state index >= 15 is 0 Å². The number of H-pyrrole nitrogens is 1. The van der Waals surface area contributed by atoms with Crippen molar-refractivity contribution >= 4 is 5.57 Å². The fraction of sp³-hybridized carbons (Fsp3) is 0.125. The van der Waals surface area contributed by atoms with E-state index in [0.29, 0.717) is 5.82 Å². The normalized spacial score (nSPS) is 15.8. The Bertz CT molecular complexity index is 332. The zero-order valence-electron chi connectivity index (χ0n) is 6.44. The SMILES string of the molecule is C1=CC=C(c2nn[nH]n2)CC=C1. The lowest BCUT2D eigenvalue weighted by molar-refractivity contribution is 0.881. The monoisotopic (exact) mass is 160 g/mol. The Morgan fingerprint density at radius 3 is 3.08 bits per heavy atom. The molecule has 4 nitrogen and oxygen atoms in total. The van der Waals surface area contributed by atoms with E-state index < -0.39 is 0 Å². The van der Waals surface area contributed by atoms with E-state index in [2.05, 4.69) is 26.7 Å². The predicted octanol–water partition coefficient (Wildman–Crippen LogP) is 1.10. The molecule has 1 aromatic heterocycles. The lowest BCUT2D eigenvalue weighted by Gasteiger charge is -1.93. The third-order valence-corrected chi connectivity index (χ3v) is 1.63. The smallest absolute Gasteiger partial charge is 0.177 e. The molecule has 0 unspecified atom stereocenters. The van der Waals surface area contributed by atoms with Gasteiger partial charge in [-0.3, -0.25) is 0 Å². The summed E-state index contributed by atoms with van der Waals surface area (Å²) in [6, 6.07) is 0. The van der Waals surface area contributed by atoms with E-state index in [9.17, 15) is 0 Å². The van der Waals surface area contributed by atoms with Crippen LogP contribution in [-0.2, 0) is 0 Å². The molecule has 12 heavy (non-hydrogen) atoms. The molecule has 0 aromatic carbocycles. The first kappa shape index (κ1) is 6.97. The fourth-order valence-electron chi connectivity index (χ4n) is 1.04. The van der Waals surface area contributed by atoms with Gasteiger partial charge in [-0.2, -0.15) is 5.21 Å². The van der Waals surface area contributed by atoms with E-state index in [1.165, 1.54) is 0 Å². The maximum Gasteiger partial charge on any atom is 0.200 e. The number of rotatable bonds is 1. The molecule has 2 rings (SSSR count). The van der Waals surface area contributed by atoms with Crippen LogP contribution < -0.4 is 0 Å². The van der Waals surface area contributed by atoms with Crippen molar-refractivity contribution in [2.75, 3.05) is 0 Å². The van der Waals surface area contributed by atoms with Gasteiger partial charge >= 0.3 is 0 Å². The Labute approximate surface area is 69.7 Å². The van der Waals surface area contributed by atoms with Crippen LogP contribution >= 0.6 is 0 Å². The predicted molar refractivity (Wildman–Crippen MR) is 45.1 cm³/mol. The van der Waals surface area contributed by atoms with Crippen molar-refractivity contribution in [3.63, 3.8) is 0 Å². The molecule has 0 atom stereocenters. The molecule has 1 aliphatic rings. The van der Waals surface area contributed by atoms with Crippen molar-refractivity contribution in [1.29, 1.82) is 0 Å². The lowest BCUT2D eigenvalue weighted by atomic mass is 10.2. The first-order chi connectivity index (χ1) is 5.97. The molecule has 1 aliphatic carbocycles. The van der Waals surface area contributed by atoms with Crippen LogP contribution in [-0.4, -0.2) is 20.6 Å². The highest BCUT2D eigenvalue weighted by Gasteiger charge is 2.03. The third kappa shape index (κ3) is 1.32. The van der Waals surface area contributed by atoms with Crippen molar-refractivity contribution in [1.82, 2.24) is 20.6 Å². The molecule has 0 radical (unpaired) electrons. The molecule has 0 saturated heterocycles. The lowest BCUT2D eigenvalue weighted by Crippen LogP contribution is -1.85. The van der Waals surface area contributed by atoms with Crippen LogP contribution in [0.2, 0.25) is 0 Å². The van der Waals surface area contributed by atoms with Crippen molar-refractivity contribution in [3.05, 3.63) is 36.2 Å². The van der Waals surface area contributed by atoms with Crippen molar-refractivity contribution in [2.45, 2.75) is 6.42 Å². The van der Waals surface area contributed by atoms with Crippen molar-refractivity contribution < 1.29 is 0 Å². The molecule has 60 valence electrons. The minimum Gasteiger partial charge on any atom is -0.177 e. The summed E-state index contributed by atoms with van der Waals surface area (Å²) in [4.78, 5) is 0. The largest absolute Gasteiger partial charge is 0.200 e. The van der Waals surface area contributed by atoms with Crippen molar-refractivity contribution in [2.24, 2.45) is 0 Å². The van der Waals surface area contributed by atoms with Crippen molar-refractivity contribution in [3.8, 4) is 0 Å². The molecule has 4 heteroatoms. The quantitative estimate of drug-likeness (QED) is 0.669. The zero-order chi connectivity index (χ0) is 8.23. The Hall–Kier alpha value is -1.71. The number of allylic oxidation sites excluding steroid dienone is 6. The Morgan fingerprint density at radius 1 is 1.25 bits per heavy atom. The number of nitrogens with one attached hydrogen (secondary N) is 1. The second-order valence-corrected chi connectivity index (χ2v) is 2.44. The van der Waals surface area contributed by atoms with Gasteiger partial charge < -0.3 is 0 Å². The maximum atomic E-state index is 3.90. The summed E-state index contributed by atoms with van der Waals surface area (Å²) in [5.41, 5.74) is 1.08. The molecule has 1 aromatic rings. The molecule has 0 aliphatic heterocycles. The zero-order valence-corrected chi connectivity index (χ0v) is 6.44. The highest BCUT2D eigenvalue weighted by molar-refractivity contribution is 5.63. The molecule has 1 heterocycles. The van der Waals surface area contributed by atoms with Gasteiger partial charge in [0.25, 0.3) is 0 Å². The number of tetrazole rings is 1. The van der Waals surface area contributed by atoms with Gasteiger partial charge in [0.2, 0.25) is 5.82 Å². The molecule has 0 amide bonds. The van der Waals surface area contributed by atoms with Crippen LogP contribution in [0.3, 0.4) is 0 Å². The van der Waals surface area contributed by atoms with E-state index in [-0.39, 0.29) is 0 Å². The van der Waals surface area contributed by atoms with Crippen LogP contribution in [0.1, 0.15) is 12.2 Å². The van der Waals surface area contributed by atoms with Gasteiger partial charge in [-0.15, -0.1) is 10.2 Å². The molecular weight excluding hydrogens is 152 g/mol. The van der Waals surface area contributed by atoms with E-state index in [1.54, 1.807) is 0 Å². The van der Waals surface area contributed by atoms with Crippen LogP contribution in [0.15, 0.2) is 30.4 Å². The van der Waals surface area contributed by atoms with Gasteiger partial charge in [0.1, 0.15) is 0 Å². The van der Waals surface area contributed by atoms with Crippen LogP contribution in [0.5, 0.6) is 0 Å². The Morgan fingerprint density at radius 2 is 2.25 bits per heavy atom. The third-order valence-electron chi connectivity index (χ3n) is 1.63. The van der Waals surface area contributed by atoms with Gasteiger partial charge in [-0.1, -0.05) is 30.4 Å². The number of aromatic nitrogens is 4. The number of nitrogens with zero attached hydrogens (tertiary/aromatic N) is 3. The molecule has 0 spiro atoms. The second kappa shape index (κ2) is 3.13. The van der Waals surface area contributed by atoms with E-state index in [0.717, 1.165) is 12.0 Å². The number of hydrogen-bond acceptors (Lipinski definition) is 3. The minimum atomic E-state index is 0.672. The Balaban J connectivity index is 2.30. The molecular formula is C8H8N4. The average Bonchev–Trinajstić information content (AvgIpc) is 2.48. The summed E-state index contributed by atoms with van der Waals surface area (Å²) >= 11 is 0. The first-order valence-corrected chi connectivity index (χ1v) is 3.73. The van der Waals surface area contributed by atoms with E-state index in [4.69, 9.17) is 0 Å². The highest BCUT2D eigenvalue weighted by atomic mass is 15.5. The molecule has 0 fully saturated rings. The molecule has 1 N–H and O–H groups in total. The number of hydrogen-bond donors (Lipinski definition) is 1. The topological polar surface area (TPSA) is 54.5 Å². The number of aromatic amines is 1. The molecule has 0 bridgehead atoms.